The van der Waals surface area contributed by atoms with E-state index in [9.17, 15) is 0 Å². The van der Waals surface area contributed by atoms with Gasteiger partial charge in [-0.1, -0.05) is 41.9 Å². The number of halogens is 2. The van der Waals surface area contributed by atoms with Gasteiger partial charge in [0.05, 0.1) is 18.7 Å². The summed E-state index contributed by atoms with van der Waals surface area (Å²) in [7, 11) is 1.50. The lowest BCUT2D eigenvalue weighted by Gasteiger charge is -2.12. The number of hydrogen-bond acceptors (Lipinski definition) is 4. The Hall–Kier alpha value is -1.52. The molecule has 6 heteroatoms. The second-order valence-corrected chi connectivity index (χ2v) is 4.75. The van der Waals surface area contributed by atoms with E-state index in [4.69, 9.17) is 27.9 Å². The maximum absolute atomic E-state index is 6.30. The van der Waals surface area contributed by atoms with Crippen LogP contribution in [0, 0.1) is 0 Å². The summed E-state index contributed by atoms with van der Waals surface area (Å²) in [6.45, 7) is 0.505. The molecule has 0 aliphatic heterocycles. The van der Waals surface area contributed by atoms with Crippen molar-refractivity contribution in [2.24, 2.45) is 0 Å². The van der Waals surface area contributed by atoms with E-state index >= 15 is 0 Å². The van der Waals surface area contributed by atoms with Gasteiger partial charge in [-0.3, -0.25) is 0 Å². The van der Waals surface area contributed by atoms with Crippen molar-refractivity contribution in [1.29, 1.82) is 0 Å². The summed E-state index contributed by atoms with van der Waals surface area (Å²) in [5, 5.41) is 3.35. The molecule has 1 aromatic heterocycles. The summed E-state index contributed by atoms with van der Waals surface area (Å²) >= 11 is 12.3. The summed E-state index contributed by atoms with van der Waals surface area (Å²) in [6, 6.07) is 10.1. The second kappa shape index (κ2) is 6.59. The highest BCUT2D eigenvalue weighted by Crippen LogP contribution is 2.24. The van der Waals surface area contributed by atoms with Gasteiger partial charge in [0.25, 0.3) is 0 Å². The molecule has 0 radical (unpaired) electrons. The number of alkyl halides is 1. The van der Waals surface area contributed by atoms with Gasteiger partial charge >= 0.3 is 6.01 Å². The number of aromatic nitrogens is 2. The first-order valence-electron chi connectivity index (χ1n) is 5.70. The van der Waals surface area contributed by atoms with Gasteiger partial charge in [-0.25, -0.2) is 4.98 Å². The Morgan fingerprint density at radius 1 is 1.32 bits per heavy atom. The Labute approximate surface area is 121 Å². The van der Waals surface area contributed by atoms with Gasteiger partial charge in [0.2, 0.25) is 0 Å². The number of methoxy groups -OCH3 is 1. The first-order chi connectivity index (χ1) is 9.20. The quantitative estimate of drug-likeness (QED) is 0.858. The smallest absolute Gasteiger partial charge is 0.318 e. The van der Waals surface area contributed by atoms with Crippen LogP contribution < -0.4 is 10.1 Å². The SMILES string of the molecule is COc1ncc(Cl)c(NCC(Cl)c2ccccc2)n1. The minimum Gasteiger partial charge on any atom is -0.467 e. The van der Waals surface area contributed by atoms with E-state index in [0.717, 1.165) is 5.56 Å². The molecule has 0 aliphatic rings. The number of anilines is 1. The third kappa shape index (κ3) is 3.72. The van der Waals surface area contributed by atoms with Gasteiger partial charge in [0.15, 0.2) is 5.82 Å². The number of hydrogen-bond donors (Lipinski definition) is 1. The first kappa shape index (κ1) is 13.9. The number of rotatable bonds is 5. The average molecular weight is 298 g/mol. The highest BCUT2D eigenvalue weighted by atomic mass is 35.5. The molecule has 1 aromatic carbocycles. The van der Waals surface area contributed by atoms with Gasteiger partial charge in [0.1, 0.15) is 5.02 Å². The molecule has 19 heavy (non-hydrogen) atoms. The van der Waals surface area contributed by atoms with E-state index in [0.29, 0.717) is 17.4 Å². The molecular formula is C13H13Cl2N3O. The summed E-state index contributed by atoms with van der Waals surface area (Å²) in [5.41, 5.74) is 1.04. The van der Waals surface area contributed by atoms with Crippen LogP contribution in [0.25, 0.3) is 0 Å². The van der Waals surface area contributed by atoms with E-state index < -0.39 is 0 Å². The Morgan fingerprint density at radius 2 is 2.05 bits per heavy atom. The first-order valence-corrected chi connectivity index (χ1v) is 6.51. The van der Waals surface area contributed by atoms with Crippen LogP contribution in [0.1, 0.15) is 10.9 Å². The molecule has 100 valence electrons. The lowest BCUT2D eigenvalue weighted by molar-refractivity contribution is 0.380. The van der Waals surface area contributed by atoms with Gasteiger partial charge in [-0.05, 0) is 5.56 Å². The third-order valence-corrected chi connectivity index (χ3v) is 3.20. The van der Waals surface area contributed by atoms with Crippen LogP contribution in [0.5, 0.6) is 6.01 Å². The Kier molecular flexibility index (Phi) is 4.82. The molecular weight excluding hydrogens is 285 g/mol. The third-order valence-electron chi connectivity index (χ3n) is 2.51. The molecule has 1 N–H and O–H groups in total. The van der Waals surface area contributed by atoms with Crippen LogP contribution in [0.2, 0.25) is 5.02 Å². The minimum absolute atomic E-state index is 0.168. The van der Waals surface area contributed by atoms with Gasteiger partial charge in [-0.2, -0.15) is 4.98 Å². The fraction of sp³-hybridized carbons (Fsp3) is 0.231. The number of nitrogens with zero attached hydrogens (tertiary/aromatic N) is 2. The van der Waals surface area contributed by atoms with Crippen LogP contribution in [-0.4, -0.2) is 23.6 Å². The molecule has 0 amide bonds. The molecule has 0 saturated carbocycles. The number of benzene rings is 1. The van der Waals surface area contributed by atoms with Crippen molar-refractivity contribution < 1.29 is 4.74 Å². The molecule has 0 spiro atoms. The van der Waals surface area contributed by atoms with Crippen molar-refractivity contribution in [2.45, 2.75) is 5.38 Å². The average Bonchev–Trinajstić information content (AvgIpc) is 2.47. The van der Waals surface area contributed by atoms with Crippen LogP contribution in [0.3, 0.4) is 0 Å². The monoisotopic (exact) mass is 297 g/mol. The molecule has 4 nitrogen and oxygen atoms in total. The highest BCUT2D eigenvalue weighted by Gasteiger charge is 2.10. The van der Waals surface area contributed by atoms with E-state index in [-0.39, 0.29) is 11.4 Å². The summed E-state index contributed by atoms with van der Waals surface area (Å²) in [5.74, 6) is 0.509. The van der Waals surface area contributed by atoms with Crippen LogP contribution in [0.4, 0.5) is 5.82 Å². The molecule has 1 unspecified atom stereocenters. The molecule has 0 aliphatic carbocycles. The predicted octanol–water partition coefficient (Wildman–Crippen LogP) is 3.53. The number of ether oxygens (including phenoxy) is 1. The molecule has 0 fully saturated rings. The molecule has 1 atom stereocenters. The predicted molar refractivity (Wildman–Crippen MR) is 77.1 cm³/mol. The summed E-state index contributed by atoms with van der Waals surface area (Å²) in [4.78, 5) is 8.03. The van der Waals surface area contributed by atoms with Crippen LogP contribution in [0.15, 0.2) is 36.5 Å². The van der Waals surface area contributed by atoms with Crippen LogP contribution >= 0.6 is 23.2 Å². The van der Waals surface area contributed by atoms with Crippen molar-refractivity contribution in [3.05, 3.63) is 47.1 Å². The minimum atomic E-state index is -0.168. The van der Waals surface area contributed by atoms with Gasteiger partial charge in [-0.15, -0.1) is 11.6 Å². The van der Waals surface area contributed by atoms with Gasteiger partial charge in [0, 0.05) is 6.54 Å². The lowest BCUT2D eigenvalue weighted by Crippen LogP contribution is -2.10. The van der Waals surface area contributed by atoms with E-state index in [2.05, 4.69) is 15.3 Å². The zero-order valence-electron chi connectivity index (χ0n) is 10.3. The maximum atomic E-state index is 6.30. The van der Waals surface area contributed by atoms with Crippen molar-refractivity contribution in [3.8, 4) is 6.01 Å². The summed E-state index contributed by atoms with van der Waals surface area (Å²) in [6.07, 6.45) is 1.49. The zero-order chi connectivity index (χ0) is 13.7. The van der Waals surface area contributed by atoms with Crippen molar-refractivity contribution >= 4 is 29.0 Å². The topological polar surface area (TPSA) is 47.0 Å². The lowest BCUT2D eigenvalue weighted by atomic mass is 10.1. The van der Waals surface area contributed by atoms with E-state index in [1.54, 1.807) is 0 Å². The highest BCUT2D eigenvalue weighted by molar-refractivity contribution is 6.32. The van der Waals surface area contributed by atoms with E-state index in [1.165, 1.54) is 13.3 Å². The summed E-state index contributed by atoms with van der Waals surface area (Å²) < 4.78 is 4.95. The standard InChI is InChI=1S/C13H13Cl2N3O/c1-19-13-17-8-11(15)12(18-13)16-7-10(14)9-5-3-2-4-6-9/h2-6,8,10H,7H2,1H3,(H,16,17,18). The Bertz CT molecular complexity index is 537. The Morgan fingerprint density at radius 3 is 2.74 bits per heavy atom. The molecule has 2 aromatic rings. The molecule has 2 rings (SSSR count). The molecule has 1 heterocycles. The van der Waals surface area contributed by atoms with E-state index in [1.807, 2.05) is 30.3 Å². The molecule has 0 bridgehead atoms. The Balaban J connectivity index is 2.02. The fourth-order valence-electron chi connectivity index (χ4n) is 1.54. The number of nitrogens with one attached hydrogen (secondary N) is 1. The van der Waals surface area contributed by atoms with Crippen molar-refractivity contribution in [2.75, 3.05) is 19.0 Å². The maximum Gasteiger partial charge on any atom is 0.318 e. The van der Waals surface area contributed by atoms with Gasteiger partial charge < -0.3 is 10.1 Å². The van der Waals surface area contributed by atoms with Crippen LogP contribution in [-0.2, 0) is 0 Å². The largest absolute Gasteiger partial charge is 0.467 e. The van der Waals surface area contributed by atoms with Crippen molar-refractivity contribution in [3.63, 3.8) is 0 Å². The normalized spacial score (nSPS) is 11.9. The molecule has 0 saturated heterocycles. The second-order valence-electron chi connectivity index (χ2n) is 3.81. The zero-order valence-corrected chi connectivity index (χ0v) is 11.8. The fourth-order valence-corrected chi connectivity index (χ4v) is 1.92. The van der Waals surface area contributed by atoms with Crippen molar-refractivity contribution in [1.82, 2.24) is 9.97 Å².